The lowest BCUT2D eigenvalue weighted by Gasteiger charge is -2.29. The standard InChI is InChI=1S/C30H27F8N5O4/c1-15-8-11-21(20(31)12-15)40-24-22(26(46)41(3)18-9-10-18)23(16(2)25(45)42(24)4)43(14-44)19-7-5-6-17(13-19)39-27(47)28(32,33)29(34,35)30(36,37)38/h5-8,11-14,18,40H,9-10H2,1-4H3,(H,39,47). The van der Waals surface area contributed by atoms with Gasteiger partial charge in [0, 0.05) is 31.4 Å². The lowest BCUT2D eigenvalue weighted by atomic mass is 10.1. The van der Waals surface area contributed by atoms with Crippen LogP contribution in [0.5, 0.6) is 0 Å². The summed E-state index contributed by atoms with van der Waals surface area (Å²) in [4.78, 5) is 54.1. The van der Waals surface area contributed by atoms with E-state index < -0.39 is 46.9 Å². The van der Waals surface area contributed by atoms with Gasteiger partial charge in [-0.15, -0.1) is 0 Å². The van der Waals surface area contributed by atoms with Crippen LogP contribution in [-0.4, -0.2) is 58.8 Å². The van der Waals surface area contributed by atoms with Crippen LogP contribution < -0.4 is 21.1 Å². The Hall–Kier alpha value is -4.96. The summed E-state index contributed by atoms with van der Waals surface area (Å²) in [5.41, 5.74) is -2.21. The van der Waals surface area contributed by atoms with Gasteiger partial charge in [-0.25, -0.2) is 4.39 Å². The maximum Gasteiger partial charge on any atom is 0.460 e. The van der Waals surface area contributed by atoms with Crippen molar-refractivity contribution in [3.8, 4) is 0 Å². The fourth-order valence-corrected chi connectivity index (χ4v) is 4.73. The Labute approximate surface area is 261 Å². The number of pyridine rings is 1. The van der Waals surface area contributed by atoms with Crippen LogP contribution >= 0.6 is 0 Å². The second-order valence-corrected chi connectivity index (χ2v) is 10.9. The molecule has 4 rings (SSSR count). The molecule has 0 spiro atoms. The number of halogens is 8. The first-order valence-electron chi connectivity index (χ1n) is 13.8. The molecule has 2 aromatic carbocycles. The quantitative estimate of drug-likeness (QED) is 0.198. The molecule has 252 valence electrons. The van der Waals surface area contributed by atoms with Crippen LogP contribution in [0.3, 0.4) is 0 Å². The van der Waals surface area contributed by atoms with Gasteiger partial charge >= 0.3 is 23.9 Å². The Bertz CT molecular complexity index is 1800. The zero-order valence-corrected chi connectivity index (χ0v) is 25.1. The zero-order valence-electron chi connectivity index (χ0n) is 25.1. The summed E-state index contributed by atoms with van der Waals surface area (Å²) in [6, 6.07) is 7.73. The summed E-state index contributed by atoms with van der Waals surface area (Å²) in [5, 5.41) is 4.04. The molecule has 0 bridgehead atoms. The van der Waals surface area contributed by atoms with Crippen molar-refractivity contribution in [2.24, 2.45) is 7.05 Å². The number of carbonyl (C=O) groups is 3. The third-order valence-corrected chi connectivity index (χ3v) is 7.56. The van der Waals surface area contributed by atoms with E-state index in [1.165, 1.54) is 43.4 Å². The fraction of sp³-hybridized carbons (Fsp3) is 0.333. The van der Waals surface area contributed by atoms with Crippen molar-refractivity contribution in [2.75, 3.05) is 22.6 Å². The van der Waals surface area contributed by atoms with Crippen molar-refractivity contribution in [3.63, 3.8) is 0 Å². The normalized spacial score (nSPS) is 13.6. The van der Waals surface area contributed by atoms with Crippen molar-refractivity contribution in [1.29, 1.82) is 0 Å². The van der Waals surface area contributed by atoms with Crippen LogP contribution in [0, 0.1) is 19.7 Å². The molecule has 9 nitrogen and oxygen atoms in total. The second kappa shape index (κ2) is 12.3. The van der Waals surface area contributed by atoms with Crippen LogP contribution in [-0.2, 0) is 16.6 Å². The first-order chi connectivity index (χ1) is 21.7. The van der Waals surface area contributed by atoms with Gasteiger partial charge in [-0.1, -0.05) is 12.1 Å². The number of carbonyl (C=O) groups excluding carboxylic acids is 3. The summed E-state index contributed by atoms with van der Waals surface area (Å²) < 4.78 is 109. The third-order valence-electron chi connectivity index (χ3n) is 7.56. The van der Waals surface area contributed by atoms with E-state index in [1.54, 1.807) is 13.0 Å². The number of nitrogens with one attached hydrogen (secondary N) is 2. The summed E-state index contributed by atoms with van der Waals surface area (Å²) >= 11 is 0. The lowest BCUT2D eigenvalue weighted by molar-refractivity contribution is -0.343. The highest BCUT2D eigenvalue weighted by molar-refractivity contribution is 6.09. The van der Waals surface area contributed by atoms with E-state index in [1.807, 2.05) is 0 Å². The van der Waals surface area contributed by atoms with Crippen LogP contribution in [0.1, 0.15) is 34.3 Å². The van der Waals surface area contributed by atoms with E-state index in [-0.39, 0.29) is 46.5 Å². The average Bonchev–Trinajstić information content (AvgIpc) is 3.84. The van der Waals surface area contributed by atoms with Crippen LogP contribution in [0.4, 0.5) is 63.7 Å². The number of anilines is 5. The molecule has 0 atom stereocenters. The Morgan fingerprint density at radius 2 is 1.64 bits per heavy atom. The number of rotatable bonds is 10. The highest BCUT2D eigenvalue weighted by Gasteiger charge is 2.76. The SMILES string of the molecule is Cc1ccc(Nc2c(C(=O)N(C)C3CC3)c(N(C=O)c3cccc(NC(=O)C(F)(F)C(F)(F)C(F)(F)F)c3)c(C)c(=O)n2C)c(F)c1. The molecule has 0 aliphatic heterocycles. The number of hydrogen-bond donors (Lipinski definition) is 2. The highest BCUT2D eigenvalue weighted by atomic mass is 19.4. The lowest BCUT2D eigenvalue weighted by Crippen LogP contribution is -2.57. The van der Waals surface area contributed by atoms with Gasteiger partial charge in [0.05, 0.1) is 17.1 Å². The van der Waals surface area contributed by atoms with E-state index in [4.69, 9.17) is 0 Å². The van der Waals surface area contributed by atoms with Crippen molar-refractivity contribution in [1.82, 2.24) is 9.47 Å². The first-order valence-corrected chi connectivity index (χ1v) is 13.8. The number of aromatic nitrogens is 1. The van der Waals surface area contributed by atoms with E-state index in [0.29, 0.717) is 18.4 Å². The first kappa shape index (κ1) is 34.9. The minimum Gasteiger partial charge on any atom is -0.339 e. The summed E-state index contributed by atoms with van der Waals surface area (Å²) in [5.74, 6) is -17.6. The number of amides is 3. The average molecular weight is 674 g/mol. The Kier molecular flexibility index (Phi) is 9.16. The van der Waals surface area contributed by atoms with Crippen LogP contribution in [0.2, 0.25) is 0 Å². The van der Waals surface area contributed by atoms with Gasteiger partial charge in [0.25, 0.3) is 11.5 Å². The molecule has 1 aromatic heterocycles. The smallest absolute Gasteiger partial charge is 0.339 e. The maximum absolute atomic E-state index is 14.9. The molecule has 3 aromatic rings. The zero-order chi connectivity index (χ0) is 35.2. The predicted octanol–water partition coefficient (Wildman–Crippen LogP) is 6.19. The van der Waals surface area contributed by atoms with E-state index in [2.05, 4.69) is 5.32 Å². The van der Waals surface area contributed by atoms with Gasteiger partial charge in [0.2, 0.25) is 6.41 Å². The molecule has 17 heteroatoms. The monoisotopic (exact) mass is 673 g/mol. The molecule has 1 aliphatic carbocycles. The topological polar surface area (TPSA) is 104 Å². The van der Waals surface area contributed by atoms with Crippen molar-refractivity contribution >= 4 is 46.8 Å². The largest absolute Gasteiger partial charge is 0.460 e. The molecule has 3 amide bonds. The Morgan fingerprint density at radius 1 is 1.00 bits per heavy atom. The molecule has 0 radical (unpaired) electrons. The van der Waals surface area contributed by atoms with E-state index in [9.17, 15) is 54.3 Å². The van der Waals surface area contributed by atoms with Gasteiger partial charge < -0.3 is 15.5 Å². The molecule has 2 N–H and O–H groups in total. The van der Waals surface area contributed by atoms with Crippen molar-refractivity contribution in [2.45, 2.75) is 50.8 Å². The number of alkyl halides is 7. The number of hydrogen-bond acceptors (Lipinski definition) is 5. The van der Waals surface area contributed by atoms with Crippen LogP contribution in [0.25, 0.3) is 0 Å². The predicted molar refractivity (Wildman–Crippen MR) is 155 cm³/mol. The fourth-order valence-electron chi connectivity index (χ4n) is 4.73. The molecule has 1 fully saturated rings. The maximum atomic E-state index is 14.9. The highest BCUT2D eigenvalue weighted by Crippen LogP contribution is 2.47. The van der Waals surface area contributed by atoms with Crippen molar-refractivity contribution in [3.05, 3.63) is 75.3 Å². The number of nitrogens with zero attached hydrogens (tertiary/aromatic N) is 3. The Morgan fingerprint density at radius 3 is 2.19 bits per heavy atom. The van der Waals surface area contributed by atoms with Crippen LogP contribution in [0.15, 0.2) is 47.3 Å². The third kappa shape index (κ3) is 6.38. The summed E-state index contributed by atoms with van der Waals surface area (Å²) in [6.45, 7) is 2.90. The second-order valence-electron chi connectivity index (χ2n) is 10.9. The summed E-state index contributed by atoms with van der Waals surface area (Å²) in [7, 11) is 2.76. The molecular weight excluding hydrogens is 646 g/mol. The van der Waals surface area contributed by atoms with Gasteiger partial charge in [-0.3, -0.25) is 28.6 Å². The van der Waals surface area contributed by atoms with Gasteiger partial charge in [0.1, 0.15) is 17.2 Å². The minimum atomic E-state index is -6.76. The molecule has 0 saturated heterocycles. The molecule has 1 heterocycles. The van der Waals surface area contributed by atoms with Gasteiger partial charge in [-0.05, 0) is 62.6 Å². The van der Waals surface area contributed by atoms with Gasteiger partial charge in [0.15, 0.2) is 0 Å². The Balaban J connectivity index is 1.87. The number of aryl methyl sites for hydroxylation is 1. The molecule has 47 heavy (non-hydrogen) atoms. The number of benzene rings is 2. The van der Waals surface area contributed by atoms with Crippen molar-refractivity contribution < 1.29 is 49.5 Å². The van der Waals surface area contributed by atoms with E-state index in [0.717, 1.165) is 33.7 Å². The summed E-state index contributed by atoms with van der Waals surface area (Å²) in [6.07, 6.45) is -5.34. The minimum absolute atomic E-state index is 0.124. The van der Waals surface area contributed by atoms with Gasteiger partial charge in [-0.2, -0.15) is 30.7 Å². The molecule has 0 unspecified atom stereocenters. The molecule has 1 aliphatic rings. The molecular formula is C30H27F8N5O4. The van der Waals surface area contributed by atoms with E-state index >= 15 is 0 Å². The molecule has 1 saturated carbocycles.